The molecule has 3 nitrogen and oxygen atoms in total. The van der Waals surface area contributed by atoms with E-state index in [4.69, 9.17) is 4.74 Å². The van der Waals surface area contributed by atoms with Crippen molar-refractivity contribution < 1.29 is 13.9 Å². The lowest BCUT2D eigenvalue weighted by molar-refractivity contribution is 0.103. The average molecular weight is 237 g/mol. The fourth-order valence-corrected chi connectivity index (χ4v) is 1.81. The molecule has 0 saturated carbocycles. The monoisotopic (exact) mass is 237 g/mol. The number of nitrogens with zero attached hydrogens (tertiary/aromatic N) is 1. The molecule has 0 N–H and O–H groups in total. The first-order chi connectivity index (χ1) is 7.72. The molecule has 0 spiro atoms. The van der Waals surface area contributed by atoms with Crippen LogP contribution < -0.4 is 4.74 Å². The molecule has 0 aliphatic heterocycles. The quantitative estimate of drug-likeness (QED) is 0.770. The van der Waals surface area contributed by atoms with Gasteiger partial charge in [0.15, 0.2) is 11.6 Å². The molecule has 16 heavy (non-hydrogen) atoms. The largest absolute Gasteiger partial charge is 0.494 e. The number of ketones is 1. The zero-order valence-corrected chi connectivity index (χ0v) is 9.25. The number of halogens is 1. The van der Waals surface area contributed by atoms with Gasteiger partial charge in [-0.1, -0.05) is 0 Å². The number of carbonyl (C=O) groups is 1. The highest BCUT2D eigenvalue weighted by Crippen LogP contribution is 2.19. The van der Waals surface area contributed by atoms with Gasteiger partial charge in [0.1, 0.15) is 5.69 Å². The summed E-state index contributed by atoms with van der Waals surface area (Å²) >= 11 is 1.32. The predicted molar refractivity (Wildman–Crippen MR) is 58.5 cm³/mol. The van der Waals surface area contributed by atoms with Crippen LogP contribution in [-0.4, -0.2) is 17.9 Å². The maximum absolute atomic E-state index is 13.4. The molecule has 2 rings (SSSR count). The van der Waals surface area contributed by atoms with Crippen molar-refractivity contribution in [1.82, 2.24) is 4.98 Å². The van der Waals surface area contributed by atoms with Gasteiger partial charge in [0, 0.05) is 10.9 Å². The van der Waals surface area contributed by atoms with Crippen LogP contribution in [0.15, 0.2) is 29.1 Å². The average Bonchev–Trinajstić information content (AvgIpc) is 2.81. The third-order valence-electron chi connectivity index (χ3n) is 2.08. The van der Waals surface area contributed by atoms with Crippen LogP contribution in [0.4, 0.5) is 4.39 Å². The van der Waals surface area contributed by atoms with Crippen molar-refractivity contribution in [2.45, 2.75) is 0 Å². The molecule has 0 atom stereocenters. The lowest BCUT2D eigenvalue weighted by Gasteiger charge is -2.03. The van der Waals surface area contributed by atoms with Crippen molar-refractivity contribution in [2.75, 3.05) is 7.11 Å². The molecule has 1 heterocycles. The van der Waals surface area contributed by atoms with Crippen LogP contribution >= 0.6 is 11.3 Å². The zero-order valence-electron chi connectivity index (χ0n) is 8.44. The molecule has 0 fully saturated rings. The van der Waals surface area contributed by atoms with Crippen molar-refractivity contribution >= 4 is 17.1 Å². The van der Waals surface area contributed by atoms with Gasteiger partial charge in [-0.15, -0.1) is 11.3 Å². The van der Waals surface area contributed by atoms with Gasteiger partial charge in [0.2, 0.25) is 5.78 Å². The molecule has 1 aromatic carbocycles. The Hall–Kier alpha value is -1.75. The molecule has 0 saturated heterocycles. The summed E-state index contributed by atoms with van der Waals surface area (Å²) in [6.45, 7) is 0. The molecule has 0 aliphatic rings. The molecule has 82 valence electrons. The van der Waals surface area contributed by atoms with Crippen LogP contribution in [0.1, 0.15) is 16.1 Å². The molecule has 0 bridgehead atoms. The van der Waals surface area contributed by atoms with Gasteiger partial charge in [0.25, 0.3) is 0 Å². The minimum atomic E-state index is -0.552. The van der Waals surface area contributed by atoms with Gasteiger partial charge >= 0.3 is 0 Å². The summed E-state index contributed by atoms with van der Waals surface area (Å²) < 4.78 is 18.1. The predicted octanol–water partition coefficient (Wildman–Crippen LogP) is 2.52. The third kappa shape index (κ3) is 1.94. The number of aromatic nitrogens is 1. The van der Waals surface area contributed by atoms with E-state index in [9.17, 15) is 9.18 Å². The molecule has 0 radical (unpaired) electrons. The molecule has 5 heteroatoms. The minimum Gasteiger partial charge on any atom is -0.494 e. The highest BCUT2D eigenvalue weighted by molar-refractivity contribution is 7.07. The molecule has 0 amide bonds. The highest BCUT2D eigenvalue weighted by Gasteiger charge is 2.13. The van der Waals surface area contributed by atoms with Crippen LogP contribution in [0.25, 0.3) is 0 Å². The zero-order chi connectivity index (χ0) is 11.5. The second-order valence-corrected chi connectivity index (χ2v) is 3.77. The summed E-state index contributed by atoms with van der Waals surface area (Å²) in [6.07, 6.45) is 0. The minimum absolute atomic E-state index is 0.120. The number of carbonyl (C=O) groups excluding carboxylic acids is 1. The Kier molecular flexibility index (Phi) is 2.96. The maximum Gasteiger partial charge on any atom is 0.212 e. The first kappa shape index (κ1) is 10.8. The first-order valence-corrected chi connectivity index (χ1v) is 5.43. The summed E-state index contributed by atoms with van der Waals surface area (Å²) in [7, 11) is 1.38. The van der Waals surface area contributed by atoms with Gasteiger partial charge in [-0.05, 0) is 18.2 Å². The van der Waals surface area contributed by atoms with E-state index in [1.807, 2.05) is 0 Å². The van der Waals surface area contributed by atoms with Gasteiger partial charge in [-0.3, -0.25) is 4.79 Å². The second kappa shape index (κ2) is 4.40. The maximum atomic E-state index is 13.4. The molecular weight excluding hydrogens is 229 g/mol. The van der Waals surface area contributed by atoms with E-state index in [1.54, 1.807) is 10.9 Å². The van der Waals surface area contributed by atoms with Crippen LogP contribution in [0.2, 0.25) is 0 Å². The van der Waals surface area contributed by atoms with E-state index < -0.39 is 5.82 Å². The lowest BCUT2D eigenvalue weighted by atomic mass is 10.1. The van der Waals surface area contributed by atoms with Gasteiger partial charge in [-0.2, -0.15) is 0 Å². The molecule has 2 aromatic rings. The molecule has 0 aliphatic carbocycles. The van der Waals surface area contributed by atoms with Crippen LogP contribution in [-0.2, 0) is 0 Å². The fraction of sp³-hybridized carbons (Fsp3) is 0.0909. The van der Waals surface area contributed by atoms with E-state index in [1.165, 1.54) is 30.6 Å². The van der Waals surface area contributed by atoms with E-state index in [2.05, 4.69) is 4.98 Å². The molecule has 0 unspecified atom stereocenters. The molecular formula is C11H8FNO2S. The highest BCUT2D eigenvalue weighted by atomic mass is 32.1. The standard InChI is InChI=1S/C11H8FNO2S/c1-15-10-3-2-7(4-8(10)12)11(14)9-5-16-6-13-9/h2-6H,1H3. The van der Waals surface area contributed by atoms with Gasteiger partial charge in [-0.25, -0.2) is 9.37 Å². The van der Waals surface area contributed by atoms with E-state index in [0.717, 1.165) is 6.07 Å². The normalized spacial score (nSPS) is 10.1. The van der Waals surface area contributed by atoms with Gasteiger partial charge < -0.3 is 4.74 Å². The van der Waals surface area contributed by atoms with Crippen molar-refractivity contribution in [3.63, 3.8) is 0 Å². The Labute approximate surface area is 95.5 Å². The van der Waals surface area contributed by atoms with Crippen LogP contribution in [0, 0.1) is 5.82 Å². The van der Waals surface area contributed by atoms with Crippen molar-refractivity contribution in [3.8, 4) is 5.75 Å². The Morgan fingerprint density at radius 2 is 2.31 bits per heavy atom. The Bertz CT molecular complexity index is 511. The number of ether oxygens (including phenoxy) is 1. The van der Waals surface area contributed by atoms with E-state index >= 15 is 0 Å². The number of hydrogen-bond donors (Lipinski definition) is 0. The van der Waals surface area contributed by atoms with Gasteiger partial charge in [0.05, 0.1) is 12.6 Å². The van der Waals surface area contributed by atoms with E-state index in [-0.39, 0.29) is 17.1 Å². The summed E-state index contributed by atoms with van der Waals surface area (Å²) in [5.41, 5.74) is 2.16. The van der Waals surface area contributed by atoms with E-state index in [0.29, 0.717) is 5.69 Å². The summed E-state index contributed by atoms with van der Waals surface area (Å²) in [5.74, 6) is -0.721. The number of thiazole rings is 1. The van der Waals surface area contributed by atoms with Crippen molar-refractivity contribution in [3.05, 3.63) is 46.2 Å². The number of rotatable bonds is 3. The van der Waals surface area contributed by atoms with Crippen molar-refractivity contribution in [1.29, 1.82) is 0 Å². The van der Waals surface area contributed by atoms with Crippen molar-refractivity contribution in [2.24, 2.45) is 0 Å². The van der Waals surface area contributed by atoms with Crippen LogP contribution in [0.5, 0.6) is 5.75 Å². The lowest BCUT2D eigenvalue weighted by Crippen LogP contribution is -2.02. The Morgan fingerprint density at radius 3 is 2.88 bits per heavy atom. The number of hydrogen-bond acceptors (Lipinski definition) is 4. The van der Waals surface area contributed by atoms with Crippen LogP contribution in [0.3, 0.4) is 0 Å². The summed E-state index contributed by atoms with van der Waals surface area (Å²) in [5, 5.41) is 1.63. The molecule has 1 aromatic heterocycles. The summed E-state index contributed by atoms with van der Waals surface area (Å²) in [6, 6.07) is 4.10. The Balaban J connectivity index is 2.35. The summed E-state index contributed by atoms with van der Waals surface area (Å²) in [4.78, 5) is 15.7. The smallest absolute Gasteiger partial charge is 0.212 e. The fourth-order valence-electron chi connectivity index (χ4n) is 1.28. The first-order valence-electron chi connectivity index (χ1n) is 4.49. The number of benzene rings is 1. The topological polar surface area (TPSA) is 39.2 Å². The number of methoxy groups -OCH3 is 1. The third-order valence-corrected chi connectivity index (χ3v) is 2.67. The second-order valence-electron chi connectivity index (χ2n) is 3.05. The SMILES string of the molecule is COc1ccc(C(=O)c2cscn2)cc1F. The Morgan fingerprint density at radius 1 is 1.50 bits per heavy atom.